The molecule has 0 spiro atoms. The Morgan fingerprint density at radius 2 is 2.20 bits per heavy atom. The van der Waals surface area contributed by atoms with Gasteiger partial charge < -0.3 is 0 Å². The molecule has 1 aromatic carbocycles. The molecule has 0 amide bonds. The summed E-state index contributed by atoms with van der Waals surface area (Å²) >= 11 is 0. The molecule has 0 heterocycles. The van der Waals surface area contributed by atoms with Crippen molar-refractivity contribution in [3.05, 3.63) is 23.8 Å². The lowest BCUT2D eigenvalue weighted by atomic mass is 9.94. The van der Waals surface area contributed by atoms with E-state index in [-0.39, 0.29) is 0 Å². The Morgan fingerprint density at radius 3 is 2.70 bits per heavy atom. The fraction of sp³-hybridized carbons (Fsp3) is 0.125. The van der Waals surface area contributed by atoms with Crippen LogP contribution in [0.2, 0.25) is 0 Å². The van der Waals surface area contributed by atoms with Crippen LogP contribution in [0.1, 0.15) is 5.56 Å². The average molecular weight is 129 g/mol. The summed E-state index contributed by atoms with van der Waals surface area (Å²) in [5.74, 6) is 0. The van der Waals surface area contributed by atoms with Gasteiger partial charge in [-0.15, -0.1) is 0 Å². The summed E-state index contributed by atoms with van der Waals surface area (Å²) in [5, 5.41) is 0. The normalized spacial score (nSPS) is 9.30. The third-order valence-electron chi connectivity index (χ3n) is 1.39. The number of benzene rings is 1. The molecule has 1 nitrogen and oxygen atoms in total. The zero-order valence-corrected chi connectivity index (χ0v) is 5.96. The minimum Gasteiger partial charge on any atom is -0.264 e. The Bertz CT molecular complexity index is 255. The maximum atomic E-state index is 5.52. The van der Waals surface area contributed by atoms with E-state index in [1.165, 1.54) is 0 Å². The fourth-order valence-electron chi connectivity index (χ4n) is 0.856. The predicted octanol–water partition coefficient (Wildman–Crippen LogP) is 1.12. The first-order valence-electron chi connectivity index (χ1n) is 3.07. The summed E-state index contributed by atoms with van der Waals surface area (Å²) in [6, 6.07) is 5.55. The number of hydrogen-bond acceptors (Lipinski definition) is 1. The largest absolute Gasteiger partial charge is 0.264 e. The minimum atomic E-state index is 0.768. The van der Waals surface area contributed by atoms with Gasteiger partial charge in [-0.05, 0) is 25.3 Å². The first-order valence-corrected chi connectivity index (χ1v) is 3.07. The van der Waals surface area contributed by atoms with Gasteiger partial charge in [-0.2, -0.15) is 0 Å². The number of aliphatic imine (C=N–C) groups is 1. The fourth-order valence-corrected chi connectivity index (χ4v) is 0.856. The lowest BCUT2D eigenvalue weighted by molar-refractivity contribution is 1.43. The molecular weight excluding hydrogens is 121 g/mol. The first kappa shape index (κ1) is 7.07. The molecule has 2 radical (unpaired) electrons. The maximum absolute atomic E-state index is 5.52. The van der Waals surface area contributed by atoms with Gasteiger partial charge in [-0.1, -0.05) is 17.6 Å². The van der Waals surface area contributed by atoms with E-state index in [9.17, 15) is 0 Å². The van der Waals surface area contributed by atoms with Crippen LogP contribution >= 0.6 is 0 Å². The molecular formula is C8H8BN. The molecule has 1 rings (SSSR count). The van der Waals surface area contributed by atoms with Crippen LogP contribution in [0.15, 0.2) is 23.2 Å². The monoisotopic (exact) mass is 129 g/mol. The van der Waals surface area contributed by atoms with E-state index >= 15 is 0 Å². The summed E-state index contributed by atoms with van der Waals surface area (Å²) in [4.78, 5) is 3.81. The van der Waals surface area contributed by atoms with Crippen molar-refractivity contribution in [3.8, 4) is 0 Å². The van der Waals surface area contributed by atoms with Crippen LogP contribution in [-0.2, 0) is 0 Å². The molecule has 0 unspecified atom stereocenters. The van der Waals surface area contributed by atoms with Crippen molar-refractivity contribution in [3.63, 3.8) is 0 Å². The number of hydrogen-bond donors (Lipinski definition) is 0. The zero-order chi connectivity index (χ0) is 7.56. The second-order valence-corrected chi connectivity index (χ2v) is 2.20. The van der Waals surface area contributed by atoms with E-state index in [1.54, 1.807) is 0 Å². The Balaban J connectivity index is 3.19. The quantitative estimate of drug-likeness (QED) is 0.398. The summed E-state index contributed by atoms with van der Waals surface area (Å²) < 4.78 is 0. The van der Waals surface area contributed by atoms with Crippen molar-refractivity contribution in [2.75, 3.05) is 0 Å². The summed E-state index contributed by atoms with van der Waals surface area (Å²) in [5.41, 5.74) is 2.73. The van der Waals surface area contributed by atoms with Gasteiger partial charge in [-0.25, -0.2) is 0 Å². The molecule has 0 atom stereocenters. The van der Waals surface area contributed by atoms with Crippen LogP contribution in [-0.4, -0.2) is 14.6 Å². The van der Waals surface area contributed by atoms with E-state index in [0.717, 1.165) is 16.7 Å². The van der Waals surface area contributed by atoms with E-state index in [0.29, 0.717) is 0 Å². The van der Waals surface area contributed by atoms with E-state index in [4.69, 9.17) is 7.85 Å². The molecule has 0 N–H and O–H groups in total. The number of aryl methyl sites for hydroxylation is 1. The second-order valence-electron chi connectivity index (χ2n) is 2.20. The molecule has 0 aliphatic heterocycles. The van der Waals surface area contributed by atoms with Crippen LogP contribution in [0.25, 0.3) is 0 Å². The van der Waals surface area contributed by atoms with E-state index in [2.05, 4.69) is 11.7 Å². The topological polar surface area (TPSA) is 12.4 Å². The molecule has 0 aromatic heterocycles. The summed E-state index contributed by atoms with van der Waals surface area (Å²) in [6.07, 6.45) is 0. The molecule has 0 aliphatic rings. The smallest absolute Gasteiger partial charge is 0.113 e. The summed E-state index contributed by atoms with van der Waals surface area (Å²) in [6.45, 7) is 5.39. The molecule has 10 heavy (non-hydrogen) atoms. The number of nitrogens with zero attached hydrogens (tertiary/aromatic N) is 1. The Kier molecular flexibility index (Phi) is 1.90. The first-order chi connectivity index (χ1) is 4.74. The molecule has 0 saturated heterocycles. The highest BCUT2D eigenvalue weighted by atomic mass is 14.7. The highest BCUT2D eigenvalue weighted by molar-refractivity contribution is 6.32. The van der Waals surface area contributed by atoms with Crippen molar-refractivity contribution in [2.45, 2.75) is 6.92 Å². The van der Waals surface area contributed by atoms with Crippen molar-refractivity contribution in [1.82, 2.24) is 0 Å². The Labute approximate surface area is 62.2 Å². The number of rotatable bonds is 1. The van der Waals surface area contributed by atoms with Crippen molar-refractivity contribution < 1.29 is 0 Å². The van der Waals surface area contributed by atoms with Gasteiger partial charge in [-0.3, -0.25) is 4.99 Å². The van der Waals surface area contributed by atoms with Gasteiger partial charge in [0.1, 0.15) is 7.85 Å². The molecule has 0 fully saturated rings. The van der Waals surface area contributed by atoms with Gasteiger partial charge in [0.2, 0.25) is 0 Å². The Hall–Kier alpha value is -1.05. The standard InChI is InChI=1S/C8H8BN/c1-6-5-7(9)3-4-8(6)10-2/h3-5H,2H2,1H3. The lowest BCUT2D eigenvalue weighted by Gasteiger charge is -1.99. The molecule has 2 heteroatoms. The van der Waals surface area contributed by atoms with E-state index < -0.39 is 0 Å². The lowest BCUT2D eigenvalue weighted by Crippen LogP contribution is -2.00. The second kappa shape index (κ2) is 2.69. The molecule has 0 saturated carbocycles. The Morgan fingerprint density at radius 1 is 1.50 bits per heavy atom. The van der Waals surface area contributed by atoms with Crippen LogP contribution in [0.4, 0.5) is 5.69 Å². The van der Waals surface area contributed by atoms with Gasteiger partial charge in [0, 0.05) is 0 Å². The van der Waals surface area contributed by atoms with Crippen molar-refractivity contribution in [1.29, 1.82) is 0 Å². The van der Waals surface area contributed by atoms with Gasteiger partial charge >= 0.3 is 0 Å². The SMILES string of the molecule is [B]c1ccc(N=C)c(C)c1. The molecule has 0 bridgehead atoms. The molecule has 0 aliphatic carbocycles. The highest BCUT2D eigenvalue weighted by Gasteiger charge is 1.92. The van der Waals surface area contributed by atoms with Crippen LogP contribution in [0, 0.1) is 6.92 Å². The van der Waals surface area contributed by atoms with Crippen molar-refractivity contribution in [2.24, 2.45) is 4.99 Å². The zero-order valence-electron chi connectivity index (χ0n) is 5.96. The molecule has 48 valence electrons. The average Bonchev–Trinajstić information content (AvgIpc) is 1.88. The van der Waals surface area contributed by atoms with Crippen LogP contribution in [0.5, 0.6) is 0 Å². The highest BCUT2D eigenvalue weighted by Crippen LogP contribution is 2.13. The van der Waals surface area contributed by atoms with Gasteiger partial charge in [0.25, 0.3) is 0 Å². The predicted molar refractivity (Wildman–Crippen MR) is 45.8 cm³/mol. The van der Waals surface area contributed by atoms with Crippen LogP contribution < -0.4 is 5.46 Å². The third kappa shape index (κ3) is 1.27. The summed E-state index contributed by atoms with van der Waals surface area (Å²) in [7, 11) is 5.52. The van der Waals surface area contributed by atoms with Crippen molar-refractivity contribution >= 4 is 25.7 Å². The molecule has 1 aromatic rings. The minimum absolute atomic E-state index is 0.768. The maximum Gasteiger partial charge on any atom is 0.113 e. The van der Waals surface area contributed by atoms with E-state index in [1.807, 2.05) is 25.1 Å². The van der Waals surface area contributed by atoms with Crippen LogP contribution in [0.3, 0.4) is 0 Å². The van der Waals surface area contributed by atoms with Gasteiger partial charge in [0.15, 0.2) is 0 Å². The van der Waals surface area contributed by atoms with Gasteiger partial charge in [0.05, 0.1) is 5.69 Å². The third-order valence-corrected chi connectivity index (χ3v) is 1.39.